The van der Waals surface area contributed by atoms with Gasteiger partial charge in [-0.25, -0.2) is 0 Å². The van der Waals surface area contributed by atoms with Crippen molar-refractivity contribution in [3.05, 3.63) is 0 Å². The van der Waals surface area contributed by atoms with Crippen LogP contribution in [0.5, 0.6) is 0 Å². The second-order valence-electron chi connectivity index (χ2n) is 7.78. The largest absolute Gasteiger partial charge is 0.396 e. The van der Waals surface area contributed by atoms with Crippen LogP contribution in [-0.2, 0) is 0 Å². The topological polar surface area (TPSA) is 23.5 Å². The number of hydrogen-bond donors (Lipinski definition) is 1. The third-order valence-electron chi connectivity index (χ3n) is 6.15. The Morgan fingerprint density at radius 3 is 2.16 bits per heavy atom. The van der Waals surface area contributed by atoms with Gasteiger partial charge in [0.25, 0.3) is 0 Å². The molecule has 0 unspecified atom stereocenters. The van der Waals surface area contributed by atoms with Crippen LogP contribution in [0.2, 0.25) is 0 Å². The highest BCUT2D eigenvalue weighted by molar-refractivity contribution is 4.90. The van der Waals surface area contributed by atoms with Gasteiger partial charge in [0.1, 0.15) is 0 Å². The molecule has 2 rings (SSSR count). The zero-order valence-corrected chi connectivity index (χ0v) is 13.2. The number of piperidine rings is 1. The Morgan fingerprint density at radius 1 is 1.11 bits per heavy atom. The molecule has 2 heteroatoms. The molecule has 1 N–H and O–H groups in total. The first-order valence-corrected chi connectivity index (χ1v) is 8.34. The Kier molecular flexibility index (Phi) is 4.94. The van der Waals surface area contributed by atoms with Crippen molar-refractivity contribution in [2.75, 3.05) is 26.2 Å². The number of aliphatic hydroxyl groups is 1. The summed E-state index contributed by atoms with van der Waals surface area (Å²) in [5.74, 6) is 0.865. The van der Waals surface area contributed by atoms with Crippen LogP contribution in [0, 0.1) is 16.7 Å². The summed E-state index contributed by atoms with van der Waals surface area (Å²) in [6.07, 6.45) is 9.05. The van der Waals surface area contributed by atoms with E-state index in [-0.39, 0.29) is 5.41 Å². The molecule has 0 bridgehead atoms. The van der Waals surface area contributed by atoms with Crippen LogP contribution in [0.15, 0.2) is 0 Å². The van der Waals surface area contributed by atoms with Gasteiger partial charge in [-0.15, -0.1) is 0 Å². The van der Waals surface area contributed by atoms with Crippen molar-refractivity contribution < 1.29 is 5.11 Å². The van der Waals surface area contributed by atoms with Crippen molar-refractivity contribution >= 4 is 0 Å². The highest BCUT2D eigenvalue weighted by atomic mass is 16.3. The van der Waals surface area contributed by atoms with Crippen molar-refractivity contribution in [1.29, 1.82) is 0 Å². The smallest absolute Gasteiger partial charge is 0.0499 e. The molecule has 0 aromatic heterocycles. The van der Waals surface area contributed by atoms with Gasteiger partial charge in [0.2, 0.25) is 0 Å². The molecular weight excluding hydrogens is 234 g/mol. The molecule has 1 saturated heterocycles. The van der Waals surface area contributed by atoms with Crippen molar-refractivity contribution in [2.24, 2.45) is 16.7 Å². The monoisotopic (exact) mass is 267 g/mol. The average Bonchev–Trinajstić information content (AvgIpc) is 2.44. The fourth-order valence-corrected chi connectivity index (χ4v) is 3.82. The van der Waals surface area contributed by atoms with Gasteiger partial charge in [-0.1, -0.05) is 40.0 Å². The number of aliphatic hydroxyl groups excluding tert-OH is 1. The standard InChI is InChI=1S/C17H33NO/c1-4-16(3)9-11-18(12-10-16)13-17(14-19)7-5-15(2)6-8-17/h15,19H,4-14H2,1-3H3. The van der Waals surface area contributed by atoms with E-state index in [4.69, 9.17) is 0 Å². The van der Waals surface area contributed by atoms with Crippen molar-refractivity contribution in [2.45, 2.75) is 65.7 Å². The molecule has 2 aliphatic rings. The molecule has 0 amide bonds. The zero-order valence-electron chi connectivity index (χ0n) is 13.2. The number of rotatable bonds is 4. The highest BCUT2D eigenvalue weighted by Gasteiger charge is 2.37. The van der Waals surface area contributed by atoms with E-state index in [1.54, 1.807) is 0 Å². The third-order valence-corrected chi connectivity index (χ3v) is 6.15. The lowest BCUT2D eigenvalue weighted by Gasteiger charge is -2.45. The molecule has 1 aliphatic carbocycles. The minimum Gasteiger partial charge on any atom is -0.396 e. The van der Waals surface area contributed by atoms with E-state index in [9.17, 15) is 5.11 Å². The van der Waals surface area contributed by atoms with Gasteiger partial charge in [-0.05, 0) is 50.1 Å². The Balaban J connectivity index is 1.86. The maximum absolute atomic E-state index is 9.88. The highest BCUT2D eigenvalue weighted by Crippen LogP contribution is 2.41. The second kappa shape index (κ2) is 6.13. The predicted octanol–water partition coefficient (Wildman–Crippen LogP) is 3.69. The van der Waals surface area contributed by atoms with E-state index < -0.39 is 0 Å². The van der Waals surface area contributed by atoms with Gasteiger partial charge in [0.15, 0.2) is 0 Å². The van der Waals surface area contributed by atoms with Gasteiger partial charge in [0, 0.05) is 18.6 Å². The van der Waals surface area contributed by atoms with Crippen LogP contribution in [0.1, 0.15) is 65.7 Å². The molecular formula is C17H33NO. The summed E-state index contributed by atoms with van der Waals surface area (Å²) in [6.45, 7) is 11.1. The molecule has 0 atom stereocenters. The third kappa shape index (κ3) is 3.72. The Bertz CT molecular complexity index is 273. The normalized spacial score (nSPS) is 36.3. The minimum absolute atomic E-state index is 0.215. The maximum Gasteiger partial charge on any atom is 0.0499 e. The first kappa shape index (κ1) is 15.3. The fraction of sp³-hybridized carbons (Fsp3) is 1.00. The molecule has 2 nitrogen and oxygen atoms in total. The summed E-state index contributed by atoms with van der Waals surface area (Å²) in [5.41, 5.74) is 0.788. The molecule has 19 heavy (non-hydrogen) atoms. The van der Waals surface area contributed by atoms with Gasteiger partial charge >= 0.3 is 0 Å². The van der Waals surface area contributed by atoms with Gasteiger partial charge in [0.05, 0.1) is 0 Å². The maximum atomic E-state index is 9.88. The summed E-state index contributed by atoms with van der Waals surface area (Å²) in [4.78, 5) is 2.63. The number of hydrogen-bond acceptors (Lipinski definition) is 2. The zero-order chi connectivity index (χ0) is 13.9. The fourth-order valence-electron chi connectivity index (χ4n) is 3.82. The van der Waals surface area contributed by atoms with Crippen LogP contribution < -0.4 is 0 Å². The lowest BCUT2D eigenvalue weighted by atomic mass is 9.70. The predicted molar refractivity (Wildman–Crippen MR) is 81.2 cm³/mol. The quantitative estimate of drug-likeness (QED) is 0.840. The SMILES string of the molecule is CCC1(C)CCN(CC2(CO)CCC(C)CC2)CC1. The lowest BCUT2D eigenvalue weighted by Crippen LogP contribution is -2.47. The summed E-state index contributed by atoms with van der Waals surface area (Å²) < 4.78 is 0. The number of nitrogens with zero attached hydrogens (tertiary/aromatic N) is 1. The molecule has 0 radical (unpaired) electrons. The van der Waals surface area contributed by atoms with Crippen LogP contribution in [0.25, 0.3) is 0 Å². The van der Waals surface area contributed by atoms with Crippen molar-refractivity contribution in [3.63, 3.8) is 0 Å². The Labute approximate surface area is 119 Å². The lowest BCUT2D eigenvalue weighted by molar-refractivity contribution is 0.00840. The molecule has 2 fully saturated rings. The van der Waals surface area contributed by atoms with Crippen molar-refractivity contribution in [1.82, 2.24) is 4.90 Å². The summed E-state index contributed by atoms with van der Waals surface area (Å²) >= 11 is 0. The molecule has 0 aromatic rings. The average molecular weight is 267 g/mol. The van der Waals surface area contributed by atoms with Crippen LogP contribution in [0.4, 0.5) is 0 Å². The Hall–Kier alpha value is -0.0800. The summed E-state index contributed by atoms with van der Waals surface area (Å²) in [5, 5.41) is 9.88. The van der Waals surface area contributed by atoms with Crippen LogP contribution in [-0.4, -0.2) is 36.2 Å². The van der Waals surface area contributed by atoms with E-state index in [1.165, 1.54) is 58.0 Å². The van der Waals surface area contributed by atoms with E-state index in [0.717, 1.165) is 12.5 Å². The van der Waals surface area contributed by atoms with Crippen LogP contribution in [0.3, 0.4) is 0 Å². The summed E-state index contributed by atoms with van der Waals surface area (Å²) in [7, 11) is 0. The Morgan fingerprint density at radius 2 is 1.68 bits per heavy atom. The molecule has 1 aliphatic heterocycles. The van der Waals surface area contributed by atoms with E-state index in [2.05, 4.69) is 25.7 Å². The first-order chi connectivity index (χ1) is 9.01. The molecule has 0 spiro atoms. The first-order valence-electron chi connectivity index (χ1n) is 8.34. The summed E-state index contributed by atoms with van der Waals surface area (Å²) in [6, 6.07) is 0. The minimum atomic E-state index is 0.215. The van der Waals surface area contributed by atoms with E-state index in [1.807, 2.05) is 0 Å². The van der Waals surface area contributed by atoms with Crippen molar-refractivity contribution in [3.8, 4) is 0 Å². The molecule has 1 saturated carbocycles. The molecule has 0 aromatic carbocycles. The van der Waals surface area contributed by atoms with Gasteiger partial charge < -0.3 is 10.0 Å². The van der Waals surface area contributed by atoms with E-state index in [0.29, 0.717) is 12.0 Å². The second-order valence-corrected chi connectivity index (χ2v) is 7.78. The molecule has 112 valence electrons. The van der Waals surface area contributed by atoms with E-state index >= 15 is 0 Å². The number of likely N-dealkylation sites (tertiary alicyclic amines) is 1. The van der Waals surface area contributed by atoms with Gasteiger partial charge in [-0.3, -0.25) is 0 Å². The molecule has 1 heterocycles. The van der Waals surface area contributed by atoms with Crippen LogP contribution >= 0.6 is 0 Å². The van der Waals surface area contributed by atoms with Gasteiger partial charge in [-0.2, -0.15) is 0 Å².